The zero-order valence-electron chi connectivity index (χ0n) is 9.36. The average Bonchev–Trinajstić information content (AvgIpc) is 2.28. The minimum Gasteiger partial charge on any atom is -0.434 e. The summed E-state index contributed by atoms with van der Waals surface area (Å²) in [5, 5.41) is 1.51. The van der Waals surface area contributed by atoms with Crippen molar-refractivity contribution in [3.8, 4) is 5.75 Å². The lowest BCUT2D eigenvalue weighted by Crippen LogP contribution is -2.11. The molecule has 0 unspecified atom stereocenters. The molecule has 1 atom stereocenters. The summed E-state index contributed by atoms with van der Waals surface area (Å²) in [4.78, 5) is 0. The van der Waals surface area contributed by atoms with E-state index in [0.29, 0.717) is 10.9 Å². The topological polar surface area (TPSA) is 35.2 Å². The third kappa shape index (κ3) is 2.36. The van der Waals surface area contributed by atoms with Gasteiger partial charge in [0.2, 0.25) is 0 Å². The molecule has 4 heteroatoms. The molecule has 0 amide bonds. The van der Waals surface area contributed by atoms with Gasteiger partial charge in [0.05, 0.1) is 0 Å². The summed E-state index contributed by atoms with van der Waals surface area (Å²) in [5.74, 6) is 0.174. The lowest BCUT2D eigenvalue weighted by molar-refractivity contribution is -0.0495. The van der Waals surface area contributed by atoms with Crippen LogP contribution in [0, 0.1) is 0 Å². The van der Waals surface area contributed by atoms with Crippen LogP contribution < -0.4 is 10.5 Å². The molecular formula is C13H13F2NO. The lowest BCUT2D eigenvalue weighted by atomic mass is 10.0. The van der Waals surface area contributed by atoms with Crippen LogP contribution in [0.5, 0.6) is 5.75 Å². The standard InChI is InChI=1S/C13H13F2NO/c1-8(16)10-7-6-9-4-2-3-5-11(9)12(10)17-13(14)15/h2-8,13H,16H2,1H3/t8-/m0/s1. The highest BCUT2D eigenvalue weighted by Gasteiger charge is 2.15. The molecule has 0 aromatic heterocycles. The molecule has 0 saturated heterocycles. The molecule has 0 aliphatic carbocycles. The Hall–Kier alpha value is -1.68. The van der Waals surface area contributed by atoms with Crippen molar-refractivity contribution in [3.05, 3.63) is 42.0 Å². The number of alkyl halides is 2. The Kier molecular flexibility index (Phi) is 3.24. The largest absolute Gasteiger partial charge is 0.434 e. The van der Waals surface area contributed by atoms with Gasteiger partial charge in [0.1, 0.15) is 5.75 Å². The van der Waals surface area contributed by atoms with Gasteiger partial charge >= 0.3 is 6.61 Å². The smallest absolute Gasteiger partial charge is 0.387 e. The Bertz CT molecular complexity index is 526. The van der Waals surface area contributed by atoms with Crippen LogP contribution in [0.15, 0.2) is 36.4 Å². The fraction of sp³-hybridized carbons (Fsp3) is 0.231. The van der Waals surface area contributed by atoms with Gasteiger partial charge < -0.3 is 10.5 Å². The van der Waals surface area contributed by atoms with Gasteiger partial charge in [-0.3, -0.25) is 0 Å². The molecule has 0 bridgehead atoms. The van der Waals surface area contributed by atoms with Crippen LogP contribution in [0.4, 0.5) is 8.78 Å². The molecule has 17 heavy (non-hydrogen) atoms. The quantitative estimate of drug-likeness (QED) is 0.887. The highest BCUT2D eigenvalue weighted by molar-refractivity contribution is 5.89. The molecule has 0 aliphatic rings. The zero-order chi connectivity index (χ0) is 12.4. The van der Waals surface area contributed by atoms with E-state index in [1.165, 1.54) is 0 Å². The summed E-state index contributed by atoms with van der Waals surface area (Å²) in [6, 6.07) is 10.5. The van der Waals surface area contributed by atoms with E-state index in [4.69, 9.17) is 5.73 Å². The van der Waals surface area contributed by atoms with Crippen molar-refractivity contribution in [1.82, 2.24) is 0 Å². The second-order valence-corrected chi connectivity index (χ2v) is 3.87. The number of hydrogen-bond donors (Lipinski definition) is 1. The molecular weight excluding hydrogens is 224 g/mol. The Morgan fingerprint density at radius 2 is 1.82 bits per heavy atom. The number of hydrogen-bond acceptors (Lipinski definition) is 2. The van der Waals surface area contributed by atoms with Gasteiger partial charge in [-0.2, -0.15) is 8.78 Å². The Labute approximate surface area is 98.0 Å². The first-order valence-corrected chi connectivity index (χ1v) is 5.31. The number of fused-ring (bicyclic) bond motifs is 1. The van der Waals surface area contributed by atoms with E-state index >= 15 is 0 Å². The molecule has 0 fully saturated rings. The molecule has 90 valence electrons. The highest BCUT2D eigenvalue weighted by Crippen LogP contribution is 2.33. The molecule has 0 spiro atoms. The monoisotopic (exact) mass is 237 g/mol. The van der Waals surface area contributed by atoms with Crippen molar-refractivity contribution in [2.75, 3.05) is 0 Å². The third-order valence-corrected chi connectivity index (χ3v) is 2.61. The Morgan fingerprint density at radius 1 is 1.12 bits per heavy atom. The number of halogens is 2. The van der Waals surface area contributed by atoms with E-state index in [2.05, 4.69) is 4.74 Å². The van der Waals surface area contributed by atoms with Crippen molar-refractivity contribution in [1.29, 1.82) is 0 Å². The van der Waals surface area contributed by atoms with E-state index in [-0.39, 0.29) is 11.8 Å². The average molecular weight is 237 g/mol. The van der Waals surface area contributed by atoms with Crippen molar-refractivity contribution in [3.63, 3.8) is 0 Å². The first-order valence-electron chi connectivity index (χ1n) is 5.31. The van der Waals surface area contributed by atoms with Crippen LogP contribution in [0.1, 0.15) is 18.5 Å². The Morgan fingerprint density at radius 3 is 2.47 bits per heavy atom. The van der Waals surface area contributed by atoms with Gasteiger partial charge in [0, 0.05) is 17.0 Å². The maximum absolute atomic E-state index is 12.4. The van der Waals surface area contributed by atoms with E-state index in [0.717, 1.165) is 5.39 Å². The molecule has 2 rings (SSSR count). The lowest BCUT2D eigenvalue weighted by Gasteiger charge is -2.15. The van der Waals surface area contributed by atoms with Crippen LogP contribution >= 0.6 is 0 Å². The maximum Gasteiger partial charge on any atom is 0.387 e. The minimum atomic E-state index is -2.85. The van der Waals surface area contributed by atoms with Crippen LogP contribution in [0.3, 0.4) is 0 Å². The van der Waals surface area contributed by atoms with Crippen molar-refractivity contribution >= 4 is 10.8 Å². The predicted molar refractivity (Wildman–Crippen MR) is 63.2 cm³/mol. The summed E-state index contributed by atoms with van der Waals surface area (Å²) >= 11 is 0. The SMILES string of the molecule is C[C@H](N)c1ccc2ccccc2c1OC(F)F. The zero-order valence-corrected chi connectivity index (χ0v) is 9.36. The van der Waals surface area contributed by atoms with Gasteiger partial charge in [0.25, 0.3) is 0 Å². The van der Waals surface area contributed by atoms with E-state index in [9.17, 15) is 8.78 Å². The summed E-state index contributed by atoms with van der Waals surface area (Å²) < 4.78 is 29.5. The highest BCUT2D eigenvalue weighted by atomic mass is 19.3. The molecule has 0 radical (unpaired) electrons. The van der Waals surface area contributed by atoms with E-state index in [1.54, 1.807) is 25.1 Å². The van der Waals surface area contributed by atoms with Crippen molar-refractivity contribution in [2.45, 2.75) is 19.6 Å². The van der Waals surface area contributed by atoms with Gasteiger partial charge in [0.15, 0.2) is 0 Å². The molecule has 0 saturated carbocycles. The second kappa shape index (κ2) is 4.67. The molecule has 0 aliphatic heterocycles. The fourth-order valence-electron chi connectivity index (χ4n) is 1.84. The van der Waals surface area contributed by atoms with Gasteiger partial charge in [-0.25, -0.2) is 0 Å². The molecule has 2 aromatic rings. The van der Waals surface area contributed by atoms with Crippen molar-refractivity contribution < 1.29 is 13.5 Å². The van der Waals surface area contributed by atoms with Crippen molar-refractivity contribution in [2.24, 2.45) is 5.73 Å². The maximum atomic E-state index is 12.4. The minimum absolute atomic E-state index is 0.174. The molecule has 0 heterocycles. The van der Waals surface area contributed by atoms with Crippen LogP contribution in [-0.2, 0) is 0 Å². The predicted octanol–water partition coefficient (Wildman–Crippen LogP) is 3.46. The summed E-state index contributed by atoms with van der Waals surface area (Å²) in [5.41, 5.74) is 6.34. The van der Waals surface area contributed by atoms with Crippen LogP contribution in [0.25, 0.3) is 10.8 Å². The number of nitrogens with two attached hydrogens (primary N) is 1. The molecule has 2 N–H and O–H groups in total. The number of rotatable bonds is 3. The second-order valence-electron chi connectivity index (χ2n) is 3.87. The van der Waals surface area contributed by atoms with E-state index in [1.807, 2.05) is 18.2 Å². The van der Waals surface area contributed by atoms with E-state index < -0.39 is 6.61 Å². The van der Waals surface area contributed by atoms with Crippen LogP contribution in [-0.4, -0.2) is 6.61 Å². The number of ether oxygens (including phenoxy) is 1. The summed E-state index contributed by atoms with van der Waals surface area (Å²) in [6.45, 7) is -1.11. The third-order valence-electron chi connectivity index (χ3n) is 2.61. The van der Waals surface area contributed by atoms with Gasteiger partial charge in [-0.1, -0.05) is 36.4 Å². The van der Waals surface area contributed by atoms with Crippen LogP contribution in [0.2, 0.25) is 0 Å². The molecule has 2 nitrogen and oxygen atoms in total. The Balaban J connectivity index is 2.66. The van der Waals surface area contributed by atoms with Gasteiger partial charge in [-0.05, 0) is 12.3 Å². The summed E-state index contributed by atoms with van der Waals surface area (Å²) in [6.07, 6.45) is 0. The fourth-order valence-corrected chi connectivity index (χ4v) is 1.84. The normalized spacial score (nSPS) is 13.0. The molecule has 2 aromatic carbocycles. The number of benzene rings is 2. The first-order chi connectivity index (χ1) is 8.09. The first kappa shape index (κ1) is 11.8. The van der Waals surface area contributed by atoms with Gasteiger partial charge in [-0.15, -0.1) is 0 Å². The summed E-state index contributed by atoms with van der Waals surface area (Å²) in [7, 11) is 0.